The van der Waals surface area contributed by atoms with Crippen LogP contribution in [0, 0.1) is 0 Å². The molecule has 3 aromatic rings. The fourth-order valence-electron chi connectivity index (χ4n) is 5.23. The molecular formula is C32H42N2O4. The first-order valence-electron chi connectivity index (χ1n) is 13.6. The molecule has 38 heavy (non-hydrogen) atoms. The summed E-state index contributed by atoms with van der Waals surface area (Å²) in [6.07, 6.45) is 3.04. The van der Waals surface area contributed by atoms with Crippen molar-refractivity contribution in [1.29, 1.82) is 0 Å². The van der Waals surface area contributed by atoms with Crippen molar-refractivity contribution in [2.24, 2.45) is 0 Å². The Hall–Kier alpha value is -3.22. The van der Waals surface area contributed by atoms with Crippen LogP contribution in [0.5, 0.6) is 17.2 Å². The number of phenolic OH excluding ortho intramolecular Hbond substituents is 1. The molecule has 0 spiro atoms. The molecule has 4 rings (SSSR count). The van der Waals surface area contributed by atoms with Gasteiger partial charge in [0.15, 0.2) is 0 Å². The Bertz CT molecular complexity index is 1160. The number of anilines is 1. The van der Waals surface area contributed by atoms with Crippen molar-refractivity contribution in [3.05, 3.63) is 82.9 Å². The average molecular weight is 519 g/mol. The average Bonchev–Trinajstić information content (AvgIpc) is 2.95. The van der Waals surface area contributed by atoms with E-state index in [4.69, 9.17) is 14.2 Å². The summed E-state index contributed by atoms with van der Waals surface area (Å²) < 4.78 is 16.7. The van der Waals surface area contributed by atoms with Crippen molar-refractivity contribution in [3.8, 4) is 17.2 Å². The SMILES string of the molecule is CCN(Cc1ccc(OCCN(C)CCOC)cc1)c1cc(OC)ccc1C1CCc2cc(O)ccc2C1. The van der Waals surface area contributed by atoms with E-state index in [1.807, 2.05) is 12.1 Å². The highest BCUT2D eigenvalue weighted by molar-refractivity contribution is 5.60. The second-order valence-electron chi connectivity index (χ2n) is 10.1. The number of aryl methyl sites for hydroxylation is 1. The molecular weight excluding hydrogens is 476 g/mol. The van der Waals surface area contributed by atoms with E-state index in [0.29, 0.717) is 18.3 Å². The topological polar surface area (TPSA) is 54.4 Å². The zero-order chi connectivity index (χ0) is 26.9. The molecule has 1 atom stereocenters. The summed E-state index contributed by atoms with van der Waals surface area (Å²) >= 11 is 0. The van der Waals surface area contributed by atoms with Crippen LogP contribution in [-0.2, 0) is 24.1 Å². The molecule has 0 aromatic heterocycles. The summed E-state index contributed by atoms with van der Waals surface area (Å²) in [7, 11) is 5.53. The summed E-state index contributed by atoms with van der Waals surface area (Å²) in [6, 6.07) is 20.8. The highest BCUT2D eigenvalue weighted by atomic mass is 16.5. The number of phenols is 1. The van der Waals surface area contributed by atoms with Crippen LogP contribution < -0.4 is 14.4 Å². The van der Waals surface area contributed by atoms with Gasteiger partial charge in [0.25, 0.3) is 0 Å². The third kappa shape index (κ3) is 7.21. The highest BCUT2D eigenvalue weighted by Crippen LogP contribution is 2.40. The van der Waals surface area contributed by atoms with Crippen LogP contribution in [0.4, 0.5) is 5.69 Å². The molecule has 1 N–H and O–H groups in total. The van der Waals surface area contributed by atoms with Gasteiger partial charge in [-0.25, -0.2) is 0 Å². The molecule has 1 aliphatic rings. The maximum Gasteiger partial charge on any atom is 0.120 e. The van der Waals surface area contributed by atoms with Gasteiger partial charge >= 0.3 is 0 Å². The van der Waals surface area contributed by atoms with Gasteiger partial charge in [-0.2, -0.15) is 0 Å². The third-order valence-electron chi connectivity index (χ3n) is 7.53. The van der Waals surface area contributed by atoms with Crippen LogP contribution in [0.2, 0.25) is 0 Å². The Kier molecular flexibility index (Phi) is 9.91. The van der Waals surface area contributed by atoms with Crippen molar-refractivity contribution in [2.75, 3.05) is 59.0 Å². The fourth-order valence-corrected chi connectivity index (χ4v) is 5.23. The van der Waals surface area contributed by atoms with Gasteiger partial charge in [0.2, 0.25) is 0 Å². The number of hydrogen-bond donors (Lipinski definition) is 1. The number of likely N-dealkylation sites (N-methyl/N-ethyl adjacent to an activating group) is 1. The van der Waals surface area contributed by atoms with Gasteiger partial charge in [0, 0.05) is 45.0 Å². The number of aromatic hydroxyl groups is 1. The number of fused-ring (bicyclic) bond motifs is 1. The van der Waals surface area contributed by atoms with Crippen molar-refractivity contribution in [1.82, 2.24) is 4.90 Å². The maximum atomic E-state index is 9.89. The van der Waals surface area contributed by atoms with Gasteiger partial charge in [-0.3, -0.25) is 0 Å². The molecule has 6 nitrogen and oxygen atoms in total. The van der Waals surface area contributed by atoms with E-state index in [0.717, 1.165) is 63.5 Å². The second-order valence-corrected chi connectivity index (χ2v) is 10.1. The van der Waals surface area contributed by atoms with E-state index >= 15 is 0 Å². The minimum Gasteiger partial charge on any atom is -0.508 e. The molecule has 0 saturated heterocycles. The maximum absolute atomic E-state index is 9.89. The normalized spacial score (nSPS) is 14.8. The van der Waals surface area contributed by atoms with Gasteiger partial charge in [0.1, 0.15) is 23.9 Å². The lowest BCUT2D eigenvalue weighted by atomic mass is 9.79. The van der Waals surface area contributed by atoms with Crippen LogP contribution in [0.15, 0.2) is 60.7 Å². The number of rotatable bonds is 13. The summed E-state index contributed by atoms with van der Waals surface area (Å²) in [5.74, 6) is 2.56. The molecule has 0 heterocycles. The standard InChI is InChI=1S/C32H42N2O4/c1-5-34(23-24-6-12-29(13-7-24)38-19-17-33(2)16-18-36-3)32-22-30(37-4)14-15-31(32)27-9-8-26-21-28(35)11-10-25(26)20-27/h6-7,10-15,21-22,27,35H,5,8-9,16-20,23H2,1-4H3. The fraction of sp³-hybridized carbons (Fsp3) is 0.438. The van der Waals surface area contributed by atoms with Gasteiger partial charge in [0.05, 0.1) is 13.7 Å². The minimum atomic E-state index is 0.357. The molecule has 0 bridgehead atoms. The first-order chi connectivity index (χ1) is 18.5. The van der Waals surface area contributed by atoms with E-state index in [9.17, 15) is 5.11 Å². The van der Waals surface area contributed by atoms with Crippen LogP contribution in [0.1, 0.15) is 41.5 Å². The predicted octanol–water partition coefficient (Wildman–Crippen LogP) is 5.66. The highest BCUT2D eigenvalue weighted by Gasteiger charge is 2.24. The van der Waals surface area contributed by atoms with Crippen LogP contribution in [-0.4, -0.2) is 64.1 Å². The summed E-state index contributed by atoms with van der Waals surface area (Å²) in [5.41, 5.74) is 6.45. The van der Waals surface area contributed by atoms with Crippen molar-refractivity contribution in [2.45, 2.75) is 38.6 Å². The number of ether oxygens (including phenoxy) is 3. The van der Waals surface area contributed by atoms with Crippen LogP contribution in [0.3, 0.4) is 0 Å². The van der Waals surface area contributed by atoms with E-state index in [1.165, 1.54) is 27.9 Å². The molecule has 0 fully saturated rings. The Labute approximate surface area is 227 Å². The van der Waals surface area contributed by atoms with E-state index in [2.05, 4.69) is 72.3 Å². The van der Waals surface area contributed by atoms with E-state index < -0.39 is 0 Å². The van der Waals surface area contributed by atoms with Gasteiger partial charge in [-0.05, 0) is 91.7 Å². The predicted molar refractivity (Wildman–Crippen MR) is 154 cm³/mol. The van der Waals surface area contributed by atoms with E-state index in [-0.39, 0.29) is 0 Å². The Morgan fingerprint density at radius 2 is 1.66 bits per heavy atom. The number of benzene rings is 3. The largest absolute Gasteiger partial charge is 0.508 e. The van der Waals surface area contributed by atoms with Gasteiger partial charge < -0.3 is 29.1 Å². The van der Waals surface area contributed by atoms with Crippen molar-refractivity contribution < 1.29 is 19.3 Å². The molecule has 0 amide bonds. The van der Waals surface area contributed by atoms with E-state index in [1.54, 1.807) is 14.2 Å². The van der Waals surface area contributed by atoms with Gasteiger partial charge in [-0.15, -0.1) is 0 Å². The third-order valence-corrected chi connectivity index (χ3v) is 7.53. The minimum absolute atomic E-state index is 0.357. The molecule has 0 aliphatic heterocycles. The molecule has 1 aliphatic carbocycles. The summed E-state index contributed by atoms with van der Waals surface area (Å²) in [5, 5.41) is 9.89. The molecule has 6 heteroatoms. The zero-order valence-electron chi connectivity index (χ0n) is 23.3. The lowest BCUT2D eigenvalue weighted by Gasteiger charge is -2.32. The molecule has 0 saturated carbocycles. The summed E-state index contributed by atoms with van der Waals surface area (Å²) in [4.78, 5) is 4.64. The van der Waals surface area contributed by atoms with Crippen LogP contribution >= 0.6 is 0 Å². The molecule has 204 valence electrons. The monoisotopic (exact) mass is 518 g/mol. The molecule has 0 radical (unpaired) electrons. The number of nitrogens with zero attached hydrogens (tertiary/aromatic N) is 2. The van der Waals surface area contributed by atoms with Crippen molar-refractivity contribution in [3.63, 3.8) is 0 Å². The molecule has 1 unspecified atom stereocenters. The zero-order valence-corrected chi connectivity index (χ0v) is 23.3. The Morgan fingerprint density at radius 1 is 0.895 bits per heavy atom. The first kappa shape index (κ1) is 27.8. The number of hydrogen-bond acceptors (Lipinski definition) is 6. The second kappa shape index (κ2) is 13.5. The van der Waals surface area contributed by atoms with Gasteiger partial charge in [-0.1, -0.05) is 24.3 Å². The lowest BCUT2D eigenvalue weighted by molar-refractivity contribution is 0.150. The Morgan fingerprint density at radius 3 is 2.39 bits per heavy atom. The van der Waals surface area contributed by atoms with Crippen molar-refractivity contribution >= 4 is 5.69 Å². The Balaban J connectivity index is 1.45. The number of methoxy groups -OCH3 is 2. The quantitative estimate of drug-likeness (QED) is 0.315. The smallest absolute Gasteiger partial charge is 0.120 e. The summed E-state index contributed by atoms with van der Waals surface area (Å²) in [6.45, 7) is 7.05. The lowest BCUT2D eigenvalue weighted by Crippen LogP contribution is -2.27. The first-order valence-corrected chi connectivity index (χ1v) is 13.6. The van der Waals surface area contributed by atoms with Crippen LogP contribution in [0.25, 0.3) is 0 Å². The molecule has 3 aromatic carbocycles.